The number of aromatic nitrogens is 2. The van der Waals surface area contributed by atoms with E-state index < -0.39 is 28.8 Å². The number of alkyl halides is 3. The summed E-state index contributed by atoms with van der Waals surface area (Å²) in [5.41, 5.74) is -1.43. The summed E-state index contributed by atoms with van der Waals surface area (Å²) in [4.78, 5) is 34.6. The Morgan fingerprint density at radius 1 is 1.13 bits per heavy atom. The molecule has 1 amide bonds. The minimum Gasteiger partial charge on any atom is -0.483 e. The zero-order valence-electron chi connectivity index (χ0n) is 24.8. The summed E-state index contributed by atoms with van der Waals surface area (Å²) in [7, 11) is 1.96. The van der Waals surface area contributed by atoms with Crippen LogP contribution in [0.3, 0.4) is 0 Å². The van der Waals surface area contributed by atoms with Gasteiger partial charge in [0.2, 0.25) is 11.8 Å². The van der Waals surface area contributed by atoms with Gasteiger partial charge in [0.25, 0.3) is 6.47 Å². The molecule has 0 aliphatic carbocycles. The van der Waals surface area contributed by atoms with E-state index in [1.165, 1.54) is 18.5 Å². The van der Waals surface area contributed by atoms with Gasteiger partial charge in [0.15, 0.2) is 0 Å². The number of benzene rings is 1. The molecular weight excluding hydrogens is 601 g/mol. The molecule has 2 saturated heterocycles. The molecule has 2 aliphatic heterocycles. The summed E-state index contributed by atoms with van der Waals surface area (Å²) in [6.45, 7) is 3.72. The Hall–Kier alpha value is -4.33. The summed E-state index contributed by atoms with van der Waals surface area (Å²) >= 11 is 0. The second-order valence-corrected chi connectivity index (χ2v) is 10.9. The molecule has 2 aliphatic rings. The van der Waals surface area contributed by atoms with Crippen LogP contribution in [-0.2, 0) is 21.2 Å². The van der Waals surface area contributed by atoms with Gasteiger partial charge in [-0.2, -0.15) is 13.2 Å². The number of carboxylic acid groups (broad SMARTS) is 1. The van der Waals surface area contributed by atoms with Crippen LogP contribution >= 0.6 is 0 Å². The number of nitrogens with one attached hydrogen (secondary N) is 1. The van der Waals surface area contributed by atoms with Crippen LogP contribution in [0, 0.1) is 11.6 Å². The highest BCUT2D eigenvalue weighted by molar-refractivity contribution is 5.89. The lowest BCUT2D eigenvalue weighted by atomic mass is 9.72. The van der Waals surface area contributed by atoms with Crippen molar-refractivity contribution in [1.29, 1.82) is 0 Å². The molecule has 0 spiro atoms. The van der Waals surface area contributed by atoms with E-state index in [9.17, 15) is 22.4 Å². The number of likely N-dealkylation sites (tertiary alicyclic amines) is 1. The highest BCUT2D eigenvalue weighted by Crippen LogP contribution is 2.40. The monoisotopic (exact) mass is 635 g/mol. The Balaban J connectivity index is 0.00000148. The molecule has 9 nitrogen and oxygen atoms in total. The van der Waals surface area contributed by atoms with E-state index in [-0.39, 0.29) is 61.6 Å². The molecule has 0 radical (unpaired) electrons. The first-order valence-electron chi connectivity index (χ1n) is 14.4. The van der Waals surface area contributed by atoms with Crippen molar-refractivity contribution in [3.05, 3.63) is 71.6 Å². The van der Waals surface area contributed by atoms with Crippen LogP contribution in [-0.4, -0.2) is 78.2 Å². The number of rotatable bonds is 7. The SMILES string of the molecule is CCOc1ncccc1-c1ncc(C2(C(=O)N[C@H]3CCN(C)C3)CCN(c3ccc(C(F)(F)F)cc3F)CC2)cc1F.O=CO. The molecule has 3 aromatic rings. The van der Waals surface area contributed by atoms with E-state index in [0.717, 1.165) is 25.1 Å². The van der Waals surface area contributed by atoms with Gasteiger partial charge < -0.3 is 25.0 Å². The maximum absolute atomic E-state index is 15.7. The third kappa shape index (κ3) is 7.49. The fraction of sp³-hybridized carbons (Fsp3) is 0.419. The second-order valence-electron chi connectivity index (χ2n) is 10.9. The molecule has 2 fully saturated rings. The van der Waals surface area contributed by atoms with Crippen LogP contribution < -0.4 is 15.0 Å². The van der Waals surface area contributed by atoms with Crippen LogP contribution in [0.15, 0.2) is 48.8 Å². The van der Waals surface area contributed by atoms with Crippen LogP contribution in [0.5, 0.6) is 5.88 Å². The topological polar surface area (TPSA) is 108 Å². The highest BCUT2D eigenvalue weighted by atomic mass is 19.4. The third-order valence-electron chi connectivity index (χ3n) is 8.09. The first kappa shape index (κ1) is 33.6. The summed E-state index contributed by atoms with van der Waals surface area (Å²) in [5.74, 6) is -1.68. The lowest BCUT2D eigenvalue weighted by Gasteiger charge is -2.42. The fourth-order valence-corrected chi connectivity index (χ4v) is 5.81. The first-order valence-corrected chi connectivity index (χ1v) is 14.4. The molecule has 242 valence electrons. The van der Waals surface area contributed by atoms with Gasteiger partial charge in [-0.15, -0.1) is 0 Å². The molecule has 5 rings (SSSR count). The Morgan fingerprint density at radius 3 is 2.42 bits per heavy atom. The van der Waals surface area contributed by atoms with E-state index >= 15 is 4.39 Å². The maximum atomic E-state index is 15.7. The molecule has 4 heterocycles. The molecule has 45 heavy (non-hydrogen) atoms. The first-order chi connectivity index (χ1) is 21.4. The van der Waals surface area contributed by atoms with E-state index in [4.69, 9.17) is 14.6 Å². The van der Waals surface area contributed by atoms with E-state index in [2.05, 4.69) is 20.2 Å². The Bertz CT molecular complexity index is 1500. The normalized spacial score (nSPS) is 18.1. The van der Waals surface area contributed by atoms with Crippen LogP contribution in [0.2, 0.25) is 0 Å². The van der Waals surface area contributed by atoms with Gasteiger partial charge in [-0.1, -0.05) is 0 Å². The van der Waals surface area contributed by atoms with Gasteiger partial charge in [-0.05, 0) is 81.7 Å². The van der Waals surface area contributed by atoms with Crippen molar-refractivity contribution < 1.29 is 41.4 Å². The number of anilines is 1. The smallest absolute Gasteiger partial charge is 0.416 e. The van der Waals surface area contributed by atoms with Crippen molar-refractivity contribution in [1.82, 2.24) is 20.2 Å². The number of ether oxygens (including phenoxy) is 1. The molecule has 1 aromatic carbocycles. The predicted molar refractivity (Wildman–Crippen MR) is 156 cm³/mol. The standard InChI is InChI=1S/C30H32F5N5O2.CH2O2/c1-3-42-27-22(5-4-11-36-27)26-24(32)16-20(17-37-26)29(28(41)38-21-8-12-39(2)18-21)9-13-40(14-10-29)25-7-6-19(15-23(25)31)30(33,34)35;2-1-3/h4-7,11,15-17,21H,3,8-10,12-14,18H2,1-2H3,(H,38,41);1H,(H,2,3)/t21-;/m0./s1. The summed E-state index contributed by atoms with van der Waals surface area (Å²) in [6, 6.07) is 6.96. The minimum absolute atomic E-state index is 0.0223. The number of nitrogens with zero attached hydrogens (tertiary/aromatic N) is 4. The summed E-state index contributed by atoms with van der Waals surface area (Å²) in [6.07, 6.45) is -0.512. The van der Waals surface area contributed by atoms with Gasteiger partial charge in [0.05, 0.1) is 28.8 Å². The number of carbonyl (C=O) groups is 2. The summed E-state index contributed by atoms with van der Waals surface area (Å²) < 4.78 is 75.2. The quantitative estimate of drug-likeness (QED) is 0.279. The van der Waals surface area contributed by atoms with Gasteiger partial charge >= 0.3 is 6.18 Å². The minimum atomic E-state index is -4.66. The third-order valence-corrected chi connectivity index (χ3v) is 8.09. The lowest BCUT2D eigenvalue weighted by molar-refractivity contribution is -0.137. The van der Waals surface area contributed by atoms with Crippen molar-refractivity contribution >= 4 is 18.1 Å². The van der Waals surface area contributed by atoms with Crippen molar-refractivity contribution in [3.63, 3.8) is 0 Å². The number of hydrogen-bond donors (Lipinski definition) is 2. The van der Waals surface area contributed by atoms with Gasteiger partial charge in [0, 0.05) is 38.1 Å². The van der Waals surface area contributed by atoms with Crippen LogP contribution in [0.25, 0.3) is 11.3 Å². The second kappa shape index (κ2) is 14.2. The molecular formula is C31H34F5N5O4. The number of pyridine rings is 2. The molecule has 1 atom stereocenters. The van der Waals surface area contributed by atoms with Crippen molar-refractivity contribution in [2.24, 2.45) is 0 Å². The number of amides is 1. The van der Waals surface area contributed by atoms with Crippen LogP contribution in [0.1, 0.15) is 37.3 Å². The average molecular weight is 636 g/mol. The molecule has 2 N–H and O–H groups in total. The maximum Gasteiger partial charge on any atom is 0.416 e. The van der Waals surface area contributed by atoms with E-state index in [1.54, 1.807) is 24.0 Å². The van der Waals surface area contributed by atoms with Gasteiger partial charge in [-0.25, -0.2) is 13.8 Å². The number of likely N-dealkylation sites (N-methyl/N-ethyl adjacent to an activating group) is 1. The predicted octanol–water partition coefficient (Wildman–Crippen LogP) is 4.90. The lowest BCUT2D eigenvalue weighted by Crippen LogP contribution is -2.54. The number of carbonyl (C=O) groups excluding carboxylic acids is 1. The zero-order valence-corrected chi connectivity index (χ0v) is 24.8. The molecule has 2 aromatic heterocycles. The Kier molecular flexibility index (Phi) is 10.6. The highest BCUT2D eigenvalue weighted by Gasteiger charge is 2.45. The number of halogens is 5. The Labute approximate surface area is 257 Å². The number of hydrogen-bond acceptors (Lipinski definition) is 7. The molecule has 0 saturated carbocycles. The van der Waals surface area contributed by atoms with Crippen molar-refractivity contribution in [3.8, 4) is 17.1 Å². The van der Waals surface area contributed by atoms with E-state index in [1.807, 2.05) is 7.05 Å². The molecule has 14 heteroatoms. The van der Waals surface area contributed by atoms with Crippen molar-refractivity contribution in [2.75, 3.05) is 44.7 Å². The Morgan fingerprint density at radius 2 is 1.84 bits per heavy atom. The summed E-state index contributed by atoms with van der Waals surface area (Å²) in [5, 5.41) is 10.0. The molecule has 0 bridgehead atoms. The molecule has 0 unspecified atom stereocenters. The van der Waals surface area contributed by atoms with Crippen molar-refractivity contribution in [2.45, 2.75) is 43.8 Å². The number of piperidine rings is 1. The van der Waals surface area contributed by atoms with E-state index in [0.29, 0.717) is 30.3 Å². The van der Waals surface area contributed by atoms with Crippen LogP contribution in [0.4, 0.5) is 27.6 Å². The van der Waals surface area contributed by atoms with Gasteiger partial charge in [0.1, 0.15) is 17.3 Å². The zero-order chi connectivity index (χ0) is 32.8. The average Bonchev–Trinajstić information content (AvgIpc) is 3.42. The fourth-order valence-electron chi connectivity index (χ4n) is 5.81. The largest absolute Gasteiger partial charge is 0.483 e. The van der Waals surface area contributed by atoms with Gasteiger partial charge in [-0.3, -0.25) is 14.6 Å².